The summed E-state index contributed by atoms with van der Waals surface area (Å²) in [4.78, 5) is 0. The van der Waals surface area contributed by atoms with Crippen LogP contribution in [-0.4, -0.2) is 3.21 Å². The van der Waals surface area contributed by atoms with Crippen molar-refractivity contribution in [1.29, 1.82) is 0 Å². The van der Waals surface area contributed by atoms with Gasteiger partial charge in [-0.2, -0.15) is 0 Å². The minimum absolute atomic E-state index is 0. The van der Waals surface area contributed by atoms with E-state index in [1.165, 1.54) is 78.3 Å². The first-order valence-electron chi connectivity index (χ1n) is 17.7. The van der Waals surface area contributed by atoms with E-state index >= 15 is 0 Å². The van der Waals surface area contributed by atoms with Crippen LogP contribution in [0.15, 0.2) is 57.4 Å². The van der Waals surface area contributed by atoms with Gasteiger partial charge in [0.1, 0.15) is 0 Å². The van der Waals surface area contributed by atoms with Gasteiger partial charge in [0, 0.05) is 0 Å². The maximum absolute atomic E-state index is 2.76. The number of unbranched alkanes of at least 4 members (excludes halogenated alkanes) is 2. The van der Waals surface area contributed by atoms with Crippen LogP contribution in [0.4, 0.5) is 0 Å². The number of halogens is 2. The van der Waals surface area contributed by atoms with E-state index in [0.717, 1.165) is 0 Å². The number of rotatable bonds is 9. The summed E-state index contributed by atoms with van der Waals surface area (Å²) < 4.78 is 4.45. The Morgan fingerprint density at radius 1 is 0.739 bits per heavy atom. The summed E-state index contributed by atoms with van der Waals surface area (Å²) in [5.41, 5.74) is 14.3. The first-order chi connectivity index (χ1) is 20.8. The molecule has 0 saturated heterocycles. The second-order valence-corrected chi connectivity index (χ2v) is 22.9. The molecule has 0 spiro atoms. The number of allylic oxidation sites excluding steroid dienone is 6. The van der Waals surface area contributed by atoms with E-state index in [4.69, 9.17) is 0 Å². The second-order valence-electron chi connectivity index (χ2n) is 16.3. The average molecular weight is 735 g/mol. The van der Waals surface area contributed by atoms with Gasteiger partial charge in [-0.05, 0) is 0 Å². The van der Waals surface area contributed by atoms with Crippen LogP contribution in [-0.2, 0) is 32.1 Å². The van der Waals surface area contributed by atoms with Crippen LogP contribution >= 0.6 is 0 Å². The van der Waals surface area contributed by atoms with Crippen molar-refractivity contribution in [1.82, 2.24) is 0 Å². The predicted molar refractivity (Wildman–Crippen MR) is 191 cm³/mol. The van der Waals surface area contributed by atoms with E-state index in [9.17, 15) is 0 Å². The average Bonchev–Trinajstić information content (AvgIpc) is 3.70. The molecule has 0 amide bonds. The van der Waals surface area contributed by atoms with Gasteiger partial charge in [0.15, 0.2) is 0 Å². The Balaban J connectivity index is 0.00000240. The molecule has 246 valence electrons. The molecule has 0 nitrogen and oxygen atoms in total. The molecule has 0 radical (unpaired) electrons. The Morgan fingerprint density at radius 3 is 1.63 bits per heavy atom. The van der Waals surface area contributed by atoms with E-state index < -0.39 is 21.3 Å². The molecule has 2 aromatic carbocycles. The third-order valence-corrected chi connectivity index (χ3v) is 20.0. The molecule has 6 rings (SSSR count). The molecule has 3 heteroatoms. The molecule has 0 fully saturated rings. The fourth-order valence-electron chi connectivity index (χ4n) is 8.32. The Hall–Kier alpha value is -1.27. The predicted octanol–water partition coefficient (Wildman–Crippen LogP) is 6.44. The maximum atomic E-state index is 2.76. The monoisotopic (exact) mass is 732 g/mol. The fourth-order valence-corrected chi connectivity index (χ4v) is 18.5. The van der Waals surface area contributed by atoms with E-state index in [1.807, 2.05) is 6.49 Å². The Bertz CT molecular complexity index is 1560. The number of hydrogen-bond donors (Lipinski definition) is 0. The zero-order valence-electron chi connectivity index (χ0n) is 30.1. The van der Waals surface area contributed by atoms with Gasteiger partial charge < -0.3 is 24.8 Å². The van der Waals surface area contributed by atoms with Crippen molar-refractivity contribution in [3.8, 4) is 11.1 Å². The van der Waals surface area contributed by atoms with E-state index in [2.05, 4.69) is 130 Å². The Labute approximate surface area is 301 Å². The molecule has 0 bridgehead atoms. The van der Waals surface area contributed by atoms with Gasteiger partial charge in [-0.1, -0.05) is 0 Å². The van der Waals surface area contributed by atoms with Crippen LogP contribution in [0.5, 0.6) is 0 Å². The van der Waals surface area contributed by atoms with Crippen molar-refractivity contribution in [2.24, 2.45) is 11.3 Å². The van der Waals surface area contributed by atoms with Crippen molar-refractivity contribution in [2.75, 3.05) is 0 Å². The van der Waals surface area contributed by atoms with Gasteiger partial charge in [0.05, 0.1) is 0 Å². The first-order valence-corrected chi connectivity index (χ1v) is 21.6. The minimum atomic E-state index is -2.49. The van der Waals surface area contributed by atoms with Crippen molar-refractivity contribution < 1.29 is 46.1 Å². The molecule has 1 atom stereocenters. The van der Waals surface area contributed by atoms with E-state index in [0.29, 0.717) is 9.54 Å². The molecular formula is C43H56Cl2Zr. The summed E-state index contributed by atoms with van der Waals surface area (Å²) >= 11 is -2.49. The summed E-state index contributed by atoms with van der Waals surface area (Å²) in [6.07, 6.45) is 24.2. The minimum Gasteiger partial charge on any atom is -1.00 e. The standard InChI is InChI=1S/C23H21.C11H17.C9H18.2ClH.Zr/c1-22(2)7-5-14-10-18-16(12-20(14)22)9-17-13-21-15(11-19(17)18)6-8-23(21,3)4;1-5-9-6-7-10(8-9)11(2,3)4;1-3-5-7-9-8-6-4-2;;;/h5-13H,1-4H3;7-9H,5H2,1-4H3;3-8H2,1-2H3;2*1H;/q;;;;;+2/p-2. The normalized spacial score (nSPS) is 19.3. The molecule has 1 unspecified atom stereocenters. The molecule has 0 aliphatic heterocycles. The number of hydrogen-bond acceptors (Lipinski definition) is 0. The van der Waals surface area contributed by atoms with E-state index in [-0.39, 0.29) is 41.1 Å². The van der Waals surface area contributed by atoms with Gasteiger partial charge in [0.2, 0.25) is 0 Å². The molecule has 0 N–H and O–H groups in total. The topological polar surface area (TPSA) is 0 Å². The van der Waals surface area contributed by atoms with Gasteiger partial charge >= 0.3 is 279 Å². The maximum Gasteiger partial charge on any atom is -1.00 e. The quantitative estimate of drug-likeness (QED) is 0.279. The summed E-state index contributed by atoms with van der Waals surface area (Å²) in [7, 11) is 0. The van der Waals surface area contributed by atoms with Crippen molar-refractivity contribution >= 4 is 15.4 Å². The van der Waals surface area contributed by atoms with Gasteiger partial charge in [-0.15, -0.1) is 0 Å². The fraction of sp³-hybridized carbons (Fsp3) is 0.512. The van der Waals surface area contributed by atoms with Crippen LogP contribution in [0.3, 0.4) is 0 Å². The molecule has 4 aliphatic carbocycles. The summed E-state index contributed by atoms with van der Waals surface area (Å²) in [6.45, 7) is 24.1. The molecule has 2 aromatic rings. The molecular weight excluding hydrogens is 679 g/mol. The van der Waals surface area contributed by atoms with Gasteiger partial charge in [-0.25, -0.2) is 0 Å². The molecule has 4 aliphatic rings. The van der Waals surface area contributed by atoms with Gasteiger partial charge in [0.25, 0.3) is 0 Å². The van der Waals surface area contributed by atoms with Crippen molar-refractivity contribution in [2.45, 2.75) is 129 Å². The van der Waals surface area contributed by atoms with Crippen molar-refractivity contribution in [3.05, 3.63) is 90.8 Å². The summed E-state index contributed by atoms with van der Waals surface area (Å²) in [5.74, 6) is 0.601. The Kier molecular flexibility index (Phi) is 11.4. The Morgan fingerprint density at radius 2 is 1.22 bits per heavy atom. The second kappa shape index (κ2) is 13.9. The SMILES string of the molecule is CCCC[C](CCCC)=[Zr+2]([C]1=CC(C(C)(C)C)=CC1CC)[CH]1c2cc3c(cc2-c2cc4c(cc21)C(C)(C)C=C4)C=CC3(C)C.[Cl-].[Cl-]. The zero-order valence-corrected chi connectivity index (χ0v) is 34.1. The van der Waals surface area contributed by atoms with Crippen LogP contribution in [0, 0.1) is 11.3 Å². The number of benzene rings is 2. The van der Waals surface area contributed by atoms with Crippen LogP contribution in [0.1, 0.15) is 151 Å². The molecule has 0 saturated carbocycles. The van der Waals surface area contributed by atoms with Crippen LogP contribution < -0.4 is 24.8 Å². The zero-order chi connectivity index (χ0) is 31.6. The molecule has 0 heterocycles. The summed E-state index contributed by atoms with van der Waals surface area (Å²) in [6, 6.07) is 10.6. The third-order valence-electron chi connectivity index (χ3n) is 11.1. The van der Waals surface area contributed by atoms with Crippen molar-refractivity contribution in [3.63, 3.8) is 0 Å². The summed E-state index contributed by atoms with van der Waals surface area (Å²) in [5, 5.41) is 0. The smallest absolute Gasteiger partial charge is 1.00 e. The number of fused-ring (bicyclic) bond motifs is 5. The largest absolute Gasteiger partial charge is 1.00 e. The van der Waals surface area contributed by atoms with E-state index in [1.54, 1.807) is 16.7 Å². The first kappa shape index (κ1) is 37.6. The van der Waals surface area contributed by atoms with Crippen LogP contribution in [0.25, 0.3) is 23.3 Å². The third kappa shape index (κ3) is 6.53. The molecule has 0 aromatic heterocycles. The molecule has 46 heavy (non-hydrogen) atoms. The van der Waals surface area contributed by atoms with Gasteiger partial charge in [-0.3, -0.25) is 0 Å². The van der Waals surface area contributed by atoms with Crippen LogP contribution in [0.2, 0.25) is 0 Å².